The minimum atomic E-state index is -0.438. The highest BCUT2D eigenvalue weighted by atomic mass is 79.9. The van der Waals surface area contributed by atoms with Gasteiger partial charge in [-0.2, -0.15) is 0 Å². The van der Waals surface area contributed by atoms with Crippen molar-refractivity contribution in [3.8, 4) is 5.75 Å². The lowest BCUT2D eigenvalue weighted by atomic mass is 10.0. The Kier molecular flexibility index (Phi) is 3.01. The highest BCUT2D eigenvalue weighted by molar-refractivity contribution is 9.10. The molecule has 0 bridgehead atoms. The average molecular weight is 335 g/mol. The number of benzene rings is 1. The lowest BCUT2D eigenvalue weighted by Gasteiger charge is -2.18. The summed E-state index contributed by atoms with van der Waals surface area (Å²) in [6, 6.07) is 3.67. The van der Waals surface area contributed by atoms with E-state index in [1.165, 1.54) is 6.92 Å². The van der Waals surface area contributed by atoms with Gasteiger partial charge in [0.05, 0.1) is 5.56 Å². The topological polar surface area (TPSA) is 56.5 Å². The summed E-state index contributed by atoms with van der Waals surface area (Å²) in [5.74, 6) is 0.566. The lowest BCUT2D eigenvalue weighted by molar-refractivity contribution is -0.113. The van der Waals surface area contributed by atoms with E-state index in [4.69, 9.17) is 9.15 Å². The summed E-state index contributed by atoms with van der Waals surface area (Å²) >= 11 is 3.22. The van der Waals surface area contributed by atoms with Crippen LogP contribution in [0.15, 0.2) is 31.4 Å². The summed E-state index contributed by atoms with van der Waals surface area (Å²) in [5, 5.41) is 0.819. The number of hydrogen-bond acceptors (Lipinski definition) is 4. The van der Waals surface area contributed by atoms with Crippen LogP contribution in [0.5, 0.6) is 5.75 Å². The maximum atomic E-state index is 11.8. The molecular formula is C15H11BrO4. The number of halogens is 1. The van der Waals surface area contributed by atoms with Crippen LogP contribution in [0.25, 0.3) is 17.0 Å². The maximum Gasteiger partial charge on any atom is 0.350 e. The van der Waals surface area contributed by atoms with Gasteiger partial charge in [-0.3, -0.25) is 4.79 Å². The van der Waals surface area contributed by atoms with Crippen molar-refractivity contribution in [2.45, 2.75) is 13.8 Å². The molecule has 1 aromatic carbocycles. The fraction of sp³-hybridized carbons (Fsp3) is 0.200. The van der Waals surface area contributed by atoms with Crippen LogP contribution in [0.2, 0.25) is 0 Å². The predicted molar refractivity (Wildman–Crippen MR) is 79.1 cm³/mol. The number of hydrogen-bond donors (Lipinski definition) is 0. The monoisotopic (exact) mass is 334 g/mol. The SMILES string of the molecule is CC(=O)C1=Cc2c(ccc3c(C)c(Br)c(=O)oc23)OC1. The van der Waals surface area contributed by atoms with Gasteiger partial charge in [0, 0.05) is 11.0 Å². The van der Waals surface area contributed by atoms with Crippen molar-refractivity contribution in [1.82, 2.24) is 0 Å². The van der Waals surface area contributed by atoms with Crippen molar-refractivity contribution in [3.63, 3.8) is 0 Å². The van der Waals surface area contributed by atoms with Crippen molar-refractivity contribution >= 4 is 38.8 Å². The van der Waals surface area contributed by atoms with E-state index in [0.29, 0.717) is 26.9 Å². The third-order valence-corrected chi connectivity index (χ3v) is 4.34. The molecule has 0 aliphatic carbocycles. The van der Waals surface area contributed by atoms with Crippen LogP contribution in [0.3, 0.4) is 0 Å². The molecule has 2 heterocycles. The van der Waals surface area contributed by atoms with Gasteiger partial charge in [-0.05, 0) is 53.5 Å². The van der Waals surface area contributed by atoms with E-state index >= 15 is 0 Å². The Morgan fingerprint density at radius 1 is 1.35 bits per heavy atom. The molecule has 20 heavy (non-hydrogen) atoms. The number of carbonyl (C=O) groups excluding carboxylic acids is 1. The third-order valence-electron chi connectivity index (χ3n) is 3.42. The van der Waals surface area contributed by atoms with Crippen LogP contribution in [-0.2, 0) is 4.79 Å². The Bertz CT molecular complexity index is 830. The Balaban J connectivity index is 2.40. The molecule has 3 rings (SSSR count). The molecule has 102 valence electrons. The van der Waals surface area contributed by atoms with Gasteiger partial charge in [-0.25, -0.2) is 4.79 Å². The van der Waals surface area contributed by atoms with E-state index < -0.39 is 5.63 Å². The highest BCUT2D eigenvalue weighted by Crippen LogP contribution is 2.35. The second-order valence-corrected chi connectivity index (χ2v) is 5.49. The fourth-order valence-corrected chi connectivity index (χ4v) is 2.53. The molecule has 0 atom stereocenters. The molecule has 0 N–H and O–H groups in total. The fourth-order valence-electron chi connectivity index (χ4n) is 2.23. The molecule has 0 fully saturated rings. The summed E-state index contributed by atoms with van der Waals surface area (Å²) in [4.78, 5) is 23.3. The minimum Gasteiger partial charge on any atom is -0.488 e. The van der Waals surface area contributed by atoms with Crippen molar-refractivity contribution in [2.75, 3.05) is 6.61 Å². The molecule has 0 saturated heterocycles. The number of Topliss-reactive ketones (excluding diaryl/α,β-unsaturated/α-hetero) is 1. The molecule has 0 amide bonds. The number of ketones is 1. The quantitative estimate of drug-likeness (QED) is 0.751. The first-order chi connectivity index (χ1) is 9.49. The minimum absolute atomic E-state index is 0.0520. The first kappa shape index (κ1) is 13.1. The maximum absolute atomic E-state index is 11.8. The van der Waals surface area contributed by atoms with Gasteiger partial charge in [0.15, 0.2) is 5.78 Å². The van der Waals surface area contributed by atoms with Crippen LogP contribution >= 0.6 is 15.9 Å². The molecular weight excluding hydrogens is 324 g/mol. The molecule has 0 unspecified atom stereocenters. The van der Waals surface area contributed by atoms with Gasteiger partial charge in [-0.1, -0.05) is 0 Å². The number of aryl methyl sites for hydroxylation is 1. The zero-order valence-electron chi connectivity index (χ0n) is 11.0. The molecule has 0 radical (unpaired) electrons. The summed E-state index contributed by atoms with van der Waals surface area (Å²) in [6.07, 6.45) is 1.74. The van der Waals surface area contributed by atoms with Gasteiger partial charge in [-0.15, -0.1) is 0 Å². The van der Waals surface area contributed by atoms with Gasteiger partial charge in [0.1, 0.15) is 22.4 Å². The van der Waals surface area contributed by atoms with Crippen molar-refractivity contribution in [1.29, 1.82) is 0 Å². The van der Waals surface area contributed by atoms with E-state index in [1.807, 2.05) is 19.1 Å². The van der Waals surface area contributed by atoms with Crippen LogP contribution in [-0.4, -0.2) is 12.4 Å². The zero-order valence-corrected chi connectivity index (χ0v) is 12.5. The van der Waals surface area contributed by atoms with Crippen LogP contribution in [0.4, 0.5) is 0 Å². The number of carbonyl (C=O) groups is 1. The molecule has 4 nitrogen and oxygen atoms in total. The summed E-state index contributed by atoms with van der Waals surface area (Å²) < 4.78 is 11.3. The molecule has 1 aliphatic rings. The number of rotatable bonds is 1. The molecule has 0 saturated carbocycles. The number of fused-ring (bicyclic) bond motifs is 3. The first-order valence-corrected chi connectivity index (χ1v) is 6.88. The molecule has 0 spiro atoms. The van der Waals surface area contributed by atoms with Crippen molar-refractivity contribution in [2.24, 2.45) is 0 Å². The summed E-state index contributed by atoms with van der Waals surface area (Å²) in [6.45, 7) is 3.58. The van der Waals surface area contributed by atoms with E-state index in [2.05, 4.69) is 15.9 Å². The second-order valence-electron chi connectivity index (χ2n) is 4.70. The Morgan fingerprint density at radius 2 is 2.10 bits per heavy atom. The third kappa shape index (κ3) is 1.89. The van der Waals surface area contributed by atoms with Gasteiger partial charge in [0.2, 0.25) is 0 Å². The van der Waals surface area contributed by atoms with Gasteiger partial charge in [0.25, 0.3) is 0 Å². The molecule has 1 aliphatic heterocycles. The standard InChI is InChI=1S/C15H11BrO4/c1-7-10-3-4-12-11(5-9(6-19-12)8(2)17)14(10)20-15(18)13(7)16/h3-5H,6H2,1-2H3. The van der Waals surface area contributed by atoms with Crippen LogP contribution in [0, 0.1) is 6.92 Å². The molecule has 2 aromatic rings. The Morgan fingerprint density at radius 3 is 2.80 bits per heavy atom. The smallest absolute Gasteiger partial charge is 0.350 e. The Hall–Kier alpha value is -1.88. The van der Waals surface area contributed by atoms with E-state index in [-0.39, 0.29) is 12.4 Å². The van der Waals surface area contributed by atoms with Gasteiger partial charge < -0.3 is 9.15 Å². The number of ether oxygens (including phenoxy) is 1. The second kappa shape index (κ2) is 4.59. The highest BCUT2D eigenvalue weighted by Gasteiger charge is 2.20. The lowest BCUT2D eigenvalue weighted by Crippen LogP contribution is -2.13. The Labute approximate surface area is 123 Å². The van der Waals surface area contributed by atoms with Gasteiger partial charge >= 0.3 is 5.63 Å². The predicted octanol–water partition coefficient (Wildman–Crippen LogP) is 3.23. The van der Waals surface area contributed by atoms with Crippen molar-refractivity contribution < 1.29 is 13.9 Å². The van der Waals surface area contributed by atoms with Crippen LogP contribution < -0.4 is 10.4 Å². The summed E-state index contributed by atoms with van der Waals surface area (Å²) in [7, 11) is 0. The average Bonchev–Trinajstić information content (AvgIpc) is 2.44. The van der Waals surface area contributed by atoms with E-state index in [9.17, 15) is 9.59 Å². The molecule has 5 heteroatoms. The normalized spacial score (nSPS) is 13.7. The molecule has 1 aromatic heterocycles. The van der Waals surface area contributed by atoms with Crippen LogP contribution in [0.1, 0.15) is 18.1 Å². The largest absolute Gasteiger partial charge is 0.488 e. The van der Waals surface area contributed by atoms with E-state index in [0.717, 1.165) is 10.9 Å². The first-order valence-electron chi connectivity index (χ1n) is 6.09. The van der Waals surface area contributed by atoms with Crippen molar-refractivity contribution in [3.05, 3.63) is 43.7 Å². The van der Waals surface area contributed by atoms with E-state index in [1.54, 1.807) is 6.08 Å². The summed E-state index contributed by atoms with van der Waals surface area (Å²) in [5.41, 5.74) is 2.03. The zero-order chi connectivity index (χ0) is 14.4.